The lowest BCUT2D eigenvalue weighted by molar-refractivity contribution is -0.139. The number of aliphatic carboxylic acids is 1. The Balaban J connectivity index is 2.79. The van der Waals surface area contributed by atoms with E-state index in [4.69, 9.17) is 10.8 Å². The van der Waals surface area contributed by atoms with E-state index in [0.29, 0.717) is 12.2 Å². The monoisotopic (exact) mass is 212 g/mol. The highest BCUT2D eigenvalue weighted by molar-refractivity contribution is 7.82. The van der Waals surface area contributed by atoms with Crippen molar-refractivity contribution in [1.29, 1.82) is 0 Å². The Hall–Kier alpha value is -1.23. The quantitative estimate of drug-likeness (QED) is 0.653. The fourth-order valence-corrected chi connectivity index (χ4v) is 1.20. The van der Waals surface area contributed by atoms with Crippen LogP contribution in [0.5, 0.6) is 0 Å². The van der Waals surface area contributed by atoms with Crippen LogP contribution in [0.1, 0.15) is 12.5 Å². The molecule has 0 saturated heterocycles. The molecule has 1 unspecified atom stereocenters. The van der Waals surface area contributed by atoms with Gasteiger partial charge in [-0.2, -0.15) is 12.6 Å². The number of nitrogen functional groups attached to an aromatic ring is 1. The van der Waals surface area contributed by atoms with Crippen LogP contribution in [0, 0.1) is 0 Å². The van der Waals surface area contributed by atoms with E-state index >= 15 is 0 Å². The Labute approximate surface area is 87.6 Å². The van der Waals surface area contributed by atoms with Crippen LogP contribution in [-0.2, 0) is 11.2 Å². The smallest absolute Gasteiger partial charge is 0.319 e. The third-order valence-corrected chi connectivity index (χ3v) is 2.21. The van der Waals surface area contributed by atoms with Gasteiger partial charge in [0.2, 0.25) is 0 Å². The van der Waals surface area contributed by atoms with Gasteiger partial charge in [-0.3, -0.25) is 4.79 Å². The molecule has 76 valence electrons. The number of anilines is 1. The van der Waals surface area contributed by atoms with E-state index < -0.39 is 10.7 Å². The fourth-order valence-electron chi connectivity index (χ4n) is 1.01. The molecule has 0 spiro atoms. The van der Waals surface area contributed by atoms with Crippen molar-refractivity contribution in [2.45, 2.75) is 18.1 Å². The Kier molecular flexibility index (Phi) is 3.00. The second-order valence-electron chi connectivity index (χ2n) is 3.35. The molecule has 0 aromatic carbocycles. The molecule has 0 amide bonds. The average molecular weight is 212 g/mol. The van der Waals surface area contributed by atoms with Crippen molar-refractivity contribution in [2.24, 2.45) is 0 Å². The zero-order valence-corrected chi connectivity index (χ0v) is 8.66. The molecule has 1 aromatic rings. The average Bonchev–Trinajstić information content (AvgIpc) is 2.08. The van der Waals surface area contributed by atoms with E-state index in [9.17, 15) is 4.79 Å². The van der Waals surface area contributed by atoms with Crippen molar-refractivity contribution in [3.63, 3.8) is 0 Å². The van der Waals surface area contributed by atoms with Crippen LogP contribution >= 0.6 is 12.6 Å². The summed E-state index contributed by atoms with van der Waals surface area (Å²) in [5, 5.41) is 8.84. The van der Waals surface area contributed by atoms with Crippen molar-refractivity contribution < 1.29 is 9.90 Å². The molecule has 5 heteroatoms. The molecular formula is C9H12N2O2S. The van der Waals surface area contributed by atoms with Gasteiger partial charge in [0.25, 0.3) is 0 Å². The van der Waals surface area contributed by atoms with E-state index in [1.807, 2.05) is 0 Å². The first-order valence-corrected chi connectivity index (χ1v) is 4.53. The Morgan fingerprint density at radius 1 is 1.71 bits per heavy atom. The van der Waals surface area contributed by atoms with Gasteiger partial charge < -0.3 is 10.8 Å². The highest BCUT2D eigenvalue weighted by Crippen LogP contribution is 2.20. The number of nitrogens with zero attached hydrogens (tertiary/aromatic N) is 1. The predicted molar refractivity (Wildman–Crippen MR) is 57.4 cm³/mol. The van der Waals surface area contributed by atoms with Gasteiger partial charge in [0, 0.05) is 6.20 Å². The van der Waals surface area contributed by atoms with Gasteiger partial charge in [0.15, 0.2) is 0 Å². The number of pyridine rings is 1. The molecule has 1 aromatic heterocycles. The topological polar surface area (TPSA) is 76.2 Å². The predicted octanol–water partition coefficient (Wildman–Crippen LogP) is 0.979. The molecule has 0 radical (unpaired) electrons. The minimum Gasteiger partial charge on any atom is -0.480 e. The first-order chi connectivity index (χ1) is 6.42. The van der Waals surface area contributed by atoms with Crippen molar-refractivity contribution in [2.75, 3.05) is 5.73 Å². The molecule has 3 N–H and O–H groups in total. The van der Waals surface area contributed by atoms with Crippen molar-refractivity contribution in [1.82, 2.24) is 4.98 Å². The first kappa shape index (κ1) is 10.8. The summed E-state index contributed by atoms with van der Waals surface area (Å²) in [6.45, 7) is 1.55. The fraction of sp³-hybridized carbons (Fsp3) is 0.333. The number of rotatable bonds is 3. The molecule has 0 bridgehead atoms. The van der Waals surface area contributed by atoms with E-state index in [2.05, 4.69) is 17.6 Å². The molecule has 0 aliphatic rings. The summed E-state index contributed by atoms with van der Waals surface area (Å²) in [6, 6.07) is 3.39. The molecule has 1 atom stereocenters. The van der Waals surface area contributed by atoms with Gasteiger partial charge in [-0.25, -0.2) is 4.98 Å². The highest BCUT2D eigenvalue weighted by atomic mass is 32.1. The minimum absolute atomic E-state index is 0.318. The van der Waals surface area contributed by atoms with Crippen LogP contribution in [0.4, 0.5) is 5.82 Å². The normalized spacial score (nSPS) is 14.7. The van der Waals surface area contributed by atoms with Crippen LogP contribution in [0.2, 0.25) is 0 Å². The number of nitrogens with two attached hydrogens (primary N) is 1. The highest BCUT2D eigenvalue weighted by Gasteiger charge is 2.28. The maximum atomic E-state index is 10.8. The maximum absolute atomic E-state index is 10.8. The van der Waals surface area contributed by atoms with Gasteiger partial charge in [-0.05, 0) is 25.0 Å². The largest absolute Gasteiger partial charge is 0.480 e. The summed E-state index contributed by atoms with van der Waals surface area (Å²) >= 11 is 4.06. The second-order valence-corrected chi connectivity index (χ2v) is 4.33. The minimum atomic E-state index is -1.07. The van der Waals surface area contributed by atoms with Crippen LogP contribution < -0.4 is 5.73 Å². The Morgan fingerprint density at radius 3 is 2.79 bits per heavy atom. The summed E-state index contributed by atoms with van der Waals surface area (Å²) in [5.74, 6) is -0.525. The number of hydrogen-bond acceptors (Lipinski definition) is 4. The van der Waals surface area contributed by atoms with Gasteiger partial charge in [0.1, 0.15) is 10.6 Å². The summed E-state index contributed by atoms with van der Waals surface area (Å²) in [4.78, 5) is 14.6. The summed E-state index contributed by atoms with van der Waals surface area (Å²) < 4.78 is -1.07. The summed E-state index contributed by atoms with van der Waals surface area (Å²) in [6.07, 6.45) is 1.88. The van der Waals surface area contributed by atoms with Gasteiger partial charge >= 0.3 is 5.97 Å². The second kappa shape index (κ2) is 3.88. The molecule has 4 nitrogen and oxygen atoms in total. The maximum Gasteiger partial charge on any atom is 0.319 e. The molecule has 14 heavy (non-hydrogen) atoms. The van der Waals surface area contributed by atoms with Crippen molar-refractivity contribution in [3.05, 3.63) is 23.9 Å². The molecule has 1 rings (SSSR count). The van der Waals surface area contributed by atoms with Crippen LogP contribution in [0.15, 0.2) is 18.3 Å². The Bertz CT molecular complexity index is 335. The number of carboxylic acid groups (broad SMARTS) is 1. The molecule has 0 aliphatic heterocycles. The Morgan fingerprint density at radius 2 is 2.36 bits per heavy atom. The van der Waals surface area contributed by atoms with E-state index in [-0.39, 0.29) is 0 Å². The van der Waals surface area contributed by atoms with Crippen molar-refractivity contribution >= 4 is 24.4 Å². The first-order valence-electron chi connectivity index (χ1n) is 4.08. The third kappa shape index (κ3) is 2.63. The number of aromatic nitrogens is 1. The lowest BCUT2D eigenvalue weighted by atomic mass is 10.0. The zero-order valence-electron chi connectivity index (χ0n) is 7.77. The number of hydrogen-bond donors (Lipinski definition) is 3. The zero-order chi connectivity index (χ0) is 10.8. The van der Waals surface area contributed by atoms with Crippen LogP contribution in [0.25, 0.3) is 0 Å². The van der Waals surface area contributed by atoms with Crippen LogP contribution in [0.3, 0.4) is 0 Å². The van der Waals surface area contributed by atoms with E-state index in [1.165, 1.54) is 0 Å². The summed E-state index contributed by atoms with van der Waals surface area (Å²) in [5.41, 5.74) is 6.21. The number of carboxylic acids is 1. The standard InChI is InChI=1S/C9H12N2O2S/c1-9(14,8(12)13)4-6-2-3-7(10)11-5-6/h2-3,5,14H,4H2,1H3,(H2,10,11)(H,12,13). The molecule has 0 fully saturated rings. The number of thiol groups is 1. The van der Waals surface area contributed by atoms with Crippen LogP contribution in [-0.4, -0.2) is 20.8 Å². The van der Waals surface area contributed by atoms with E-state index in [0.717, 1.165) is 5.56 Å². The van der Waals surface area contributed by atoms with Crippen molar-refractivity contribution in [3.8, 4) is 0 Å². The van der Waals surface area contributed by atoms with Gasteiger partial charge in [-0.15, -0.1) is 0 Å². The number of carbonyl (C=O) groups is 1. The lowest BCUT2D eigenvalue weighted by Gasteiger charge is -2.17. The molecular weight excluding hydrogens is 200 g/mol. The SMILES string of the molecule is CC(S)(Cc1ccc(N)nc1)C(=O)O. The third-order valence-electron chi connectivity index (χ3n) is 1.86. The lowest BCUT2D eigenvalue weighted by Crippen LogP contribution is -2.31. The van der Waals surface area contributed by atoms with Gasteiger partial charge in [-0.1, -0.05) is 6.07 Å². The molecule has 0 saturated carbocycles. The summed E-state index contributed by atoms with van der Waals surface area (Å²) in [7, 11) is 0. The van der Waals surface area contributed by atoms with E-state index in [1.54, 1.807) is 25.3 Å². The molecule has 0 aliphatic carbocycles. The molecule has 1 heterocycles. The van der Waals surface area contributed by atoms with Gasteiger partial charge in [0.05, 0.1) is 0 Å².